The third kappa shape index (κ3) is 2.97. The zero-order valence-electron chi connectivity index (χ0n) is 11.7. The van der Waals surface area contributed by atoms with Gasteiger partial charge in [0.05, 0.1) is 20.8 Å². The van der Waals surface area contributed by atoms with Crippen molar-refractivity contribution in [3.63, 3.8) is 0 Å². The number of benzene rings is 2. The molecule has 0 aliphatic carbocycles. The van der Waals surface area contributed by atoms with Gasteiger partial charge in [-0.2, -0.15) is 0 Å². The molecule has 0 bridgehead atoms. The van der Waals surface area contributed by atoms with E-state index in [1.807, 2.05) is 0 Å². The number of thiazole rings is 1. The number of anilines is 1. The fourth-order valence-corrected chi connectivity index (χ4v) is 4.30. The van der Waals surface area contributed by atoms with Crippen LogP contribution < -0.4 is 9.60 Å². The summed E-state index contributed by atoms with van der Waals surface area (Å²) in [7, 11) is -2.37. The van der Waals surface area contributed by atoms with Gasteiger partial charge in [-0.1, -0.05) is 22.9 Å². The highest BCUT2D eigenvalue weighted by Gasteiger charge is 2.18. The van der Waals surface area contributed by atoms with Gasteiger partial charge in [-0.25, -0.2) is 12.8 Å². The smallest absolute Gasteiger partial charge is 0.302 e. The molecule has 23 heavy (non-hydrogen) atoms. The van der Waals surface area contributed by atoms with Crippen molar-refractivity contribution in [2.24, 2.45) is 7.05 Å². The van der Waals surface area contributed by atoms with Crippen LogP contribution in [0.2, 0.25) is 5.02 Å². The summed E-state index contributed by atoms with van der Waals surface area (Å²) in [4.78, 5) is 11.4. The van der Waals surface area contributed by atoms with Gasteiger partial charge in [0.25, 0.3) is 10.0 Å². The fraction of sp³-hybridized carbons (Fsp3) is 0.0714. The maximum atomic E-state index is 13.8. The Bertz CT molecular complexity index is 1070. The Kier molecular flexibility index (Phi) is 3.91. The van der Waals surface area contributed by atoms with Crippen LogP contribution in [0, 0.1) is 5.82 Å². The second kappa shape index (κ2) is 5.63. The minimum atomic E-state index is -3.98. The van der Waals surface area contributed by atoms with Crippen LogP contribution in [0.15, 0.2) is 46.1 Å². The Balaban J connectivity index is 2.04. The van der Waals surface area contributed by atoms with Gasteiger partial charge in [0.1, 0.15) is 5.82 Å². The quantitative estimate of drug-likeness (QED) is 0.767. The van der Waals surface area contributed by atoms with Crippen LogP contribution in [0.4, 0.5) is 10.1 Å². The molecule has 0 saturated carbocycles. The summed E-state index contributed by atoms with van der Waals surface area (Å²) in [6.45, 7) is 0. The molecule has 1 aromatic heterocycles. The van der Waals surface area contributed by atoms with E-state index in [0.29, 0.717) is 10.2 Å². The number of aromatic nitrogens is 1. The Morgan fingerprint density at radius 2 is 1.96 bits per heavy atom. The largest absolute Gasteiger partial charge is 0.307 e. The summed E-state index contributed by atoms with van der Waals surface area (Å²) in [5, 5.41) is 0.168. The Morgan fingerprint density at radius 1 is 1.22 bits per heavy atom. The topological polar surface area (TPSA) is 68.2 Å². The molecule has 0 atom stereocenters. The molecule has 1 heterocycles. The molecule has 3 rings (SSSR count). The van der Waals surface area contributed by atoms with Crippen molar-refractivity contribution in [3.8, 4) is 0 Å². The van der Waals surface area contributed by atoms with Crippen LogP contribution in [0.25, 0.3) is 10.2 Å². The van der Waals surface area contributed by atoms with E-state index in [4.69, 9.17) is 11.6 Å². The van der Waals surface area contributed by atoms with Crippen LogP contribution in [-0.4, -0.2) is 13.0 Å². The van der Waals surface area contributed by atoms with E-state index in [2.05, 4.69) is 4.72 Å². The number of nitrogens with one attached hydrogen (secondary N) is 1. The molecule has 5 nitrogen and oxygen atoms in total. The predicted molar refractivity (Wildman–Crippen MR) is 89.3 cm³/mol. The number of hydrogen-bond acceptors (Lipinski definition) is 4. The Labute approximate surface area is 140 Å². The third-order valence-electron chi connectivity index (χ3n) is 3.25. The average Bonchev–Trinajstić information content (AvgIpc) is 2.77. The zero-order chi connectivity index (χ0) is 16.8. The average molecular weight is 373 g/mol. The molecule has 0 amide bonds. The fourth-order valence-electron chi connectivity index (χ4n) is 2.06. The molecular formula is C14H10ClFN2O3S2. The third-order valence-corrected chi connectivity index (χ3v) is 5.84. The first-order chi connectivity index (χ1) is 10.8. The van der Waals surface area contributed by atoms with E-state index < -0.39 is 15.8 Å². The molecular weight excluding hydrogens is 363 g/mol. The van der Waals surface area contributed by atoms with Crippen molar-refractivity contribution < 1.29 is 12.8 Å². The van der Waals surface area contributed by atoms with Crippen molar-refractivity contribution in [2.45, 2.75) is 4.90 Å². The Morgan fingerprint density at radius 3 is 2.65 bits per heavy atom. The van der Waals surface area contributed by atoms with E-state index >= 15 is 0 Å². The van der Waals surface area contributed by atoms with Crippen molar-refractivity contribution in [2.75, 3.05) is 4.72 Å². The monoisotopic (exact) mass is 372 g/mol. The maximum absolute atomic E-state index is 13.8. The minimum absolute atomic E-state index is 0.0544. The number of rotatable bonds is 3. The van der Waals surface area contributed by atoms with Gasteiger partial charge in [0, 0.05) is 12.1 Å². The lowest BCUT2D eigenvalue weighted by Gasteiger charge is -2.09. The standard InChI is InChI=1S/C14H10ClFN2O3S2/c1-18-12-5-3-9(7-13(12)22-14(18)19)23(20,21)17-11-4-2-8(15)6-10(11)16/h2-7,17H,1H3. The molecule has 0 spiro atoms. The summed E-state index contributed by atoms with van der Waals surface area (Å²) in [6, 6.07) is 7.94. The van der Waals surface area contributed by atoms with Crippen LogP contribution in [0.3, 0.4) is 0 Å². The van der Waals surface area contributed by atoms with E-state index in [0.717, 1.165) is 17.4 Å². The van der Waals surface area contributed by atoms with Gasteiger partial charge in [-0.3, -0.25) is 9.52 Å². The molecule has 0 unspecified atom stereocenters. The first-order valence-corrected chi connectivity index (χ1v) is 9.03. The van der Waals surface area contributed by atoms with Crippen LogP contribution in [-0.2, 0) is 17.1 Å². The molecule has 0 fully saturated rings. The van der Waals surface area contributed by atoms with Crippen LogP contribution >= 0.6 is 22.9 Å². The summed E-state index contributed by atoms with van der Waals surface area (Å²) in [5.41, 5.74) is 0.437. The van der Waals surface area contributed by atoms with Gasteiger partial charge in [-0.15, -0.1) is 0 Å². The molecule has 0 aliphatic rings. The SMILES string of the molecule is Cn1c(=O)sc2cc(S(=O)(=O)Nc3ccc(Cl)cc3F)ccc21. The van der Waals surface area contributed by atoms with Crippen LogP contribution in [0.5, 0.6) is 0 Å². The summed E-state index contributed by atoms with van der Waals surface area (Å²) in [6.07, 6.45) is 0. The first-order valence-electron chi connectivity index (χ1n) is 6.35. The van der Waals surface area contributed by atoms with Gasteiger partial charge in [0.2, 0.25) is 0 Å². The highest BCUT2D eigenvalue weighted by Crippen LogP contribution is 2.25. The molecule has 2 aromatic carbocycles. The second-order valence-electron chi connectivity index (χ2n) is 4.79. The van der Waals surface area contributed by atoms with Gasteiger partial charge >= 0.3 is 4.87 Å². The lowest BCUT2D eigenvalue weighted by Crippen LogP contribution is -2.14. The van der Waals surface area contributed by atoms with Gasteiger partial charge < -0.3 is 4.57 Å². The number of nitrogens with zero attached hydrogens (tertiary/aromatic N) is 1. The number of sulfonamides is 1. The van der Waals surface area contributed by atoms with Gasteiger partial charge in [0.15, 0.2) is 0 Å². The van der Waals surface area contributed by atoms with Gasteiger partial charge in [-0.05, 0) is 36.4 Å². The zero-order valence-corrected chi connectivity index (χ0v) is 14.1. The summed E-state index contributed by atoms with van der Waals surface area (Å²) >= 11 is 6.58. The lowest BCUT2D eigenvalue weighted by molar-refractivity contribution is 0.598. The van der Waals surface area contributed by atoms with Crippen molar-refractivity contribution in [1.29, 1.82) is 0 Å². The lowest BCUT2D eigenvalue weighted by atomic mass is 10.3. The second-order valence-corrected chi connectivity index (χ2v) is 7.90. The minimum Gasteiger partial charge on any atom is -0.302 e. The molecule has 0 saturated heterocycles. The van der Waals surface area contributed by atoms with Crippen molar-refractivity contribution >= 4 is 48.9 Å². The highest BCUT2D eigenvalue weighted by atomic mass is 35.5. The van der Waals surface area contributed by atoms with Crippen molar-refractivity contribution in [3.05, 3.63) is 56.9 Å². The molecule has 9 heteroatoms. The van der Waals surface area contributed by atoms with E-state index in [9.17, 15) is 17.6 Å². The molecule has 120 valence electrons. The highest BCUT2D eigenvalue weighted by molar-refractivity contribution is 7.92. The van der Waals surface area contributed by atoms with E-state index in [1.165, 1.54) is 28.8 Å². The number of hydrogen-bond donors (Lipinski definition) is 1. The molecule has 3 aromatic rings. The predicted octanol–water partition coefficient (Wildman–Crippen LogP) is 3.19. The van der Waals surface area contributed by atoms with Crippen molar-refractivity contribution in [1.82, 2.24) is 4.57 Å². The normalized spacial score (nSPS) is 11.8. The molecule has 0 radical (unpaired) electrons. The maximum Gasteiger partial charge on any atom is 0.307 e. The number of halogens is 2. The molecule has 1 N–H and O–H groups in total. The number of aryl methyl sites for hydroxylation is 1. The number of fused-ring (bicyclic) bond motifs is 1. The Hall–Kier alpha value is -1.90. The first kappa shape index (κ1) is 16.0. The van der Waals surface area contributed by atoms with E-state index in [-0.39, 0.29) is 20.5 Å². The summed E-state index contributed by atoms with van der Waals surface area (Å²) in [5.74, 6) is -0.772. The molecule has 0 aliphatic heterocycles. The van der Waals surface area contributed by atoms with Crippen LogP contribution in [0.1, 0.15) is 0 Å². The van der Waals surface area contributed by atoms with E-state index in [1.54, 1.807) is 13.1 Å². The summed E-state index contributed by atoms with van der Waals surface area (Å²) < 4.78 is 42.7.